The van der Waals surface area contributed by atoms with E-state index in [1.54, 1.807) is 6.92 Å². The van der Waals surface area contributed by atoms with Crippen LogP contribution in [0.2, 0.25) is 0 Å². The summed E-state index contributed by atoms with van der Waals surface area (Å²) in [6.45, 7) is 1.69. The predicted molar refractivity (Wildman–Crippen MR) is 32.1 cm³/mol. The van der Waals surface area contributed by atoms with E-state index in [9.17, 15) is 12.9 Å². The van der Waals surface area contributed by atoms with Gasteiger partial charge in [0, 0.05) is 4.48 Å². The molecule has 0 aliphatic heterocycles. The van der Waals surface area contributed by atoms with E-state index < -0.39 is 14.6 Å². The highest BCUT2D eigenvalue weighted by Crippen LogP contribution is 1.81. The minimum Gasteiger partial charge on any atom is -0.170 e. The molecule has 0 fully saturated rings. The number of halogens is 1. The maximum absolute atomic E-state index is 12.0. The third-order valence-electron chi connectivity index (χ3n) is 0.901. The van der Waals surface area contributed by atoms with Gasteiger partial charge in [0.1, 0.15) is 12.8 Å². The van der Waals surface area contributed by atoms with E-state index in [0.29, 0.717) is 6.42 Å². The number of nitrogens with one attached hydrogen (secondary N) is 1. The first-order valence-corrected chi connectivity index (χ1v) is 4.37. The van der Waals surface area contributed by atoms with Crippen LogP contribution in [0.15, 0.2) is 0 Å². The fourth-order valence-electron chi connectivity index (χ4n) is 0.409. The van der Waals surface area contributed by atoms with Gasteiger partial charge in [-0.1, -0.05) is 6.92 Å². The Hall–Kier alpha value is -0.160. The largest absolute Gasteiger partial charge is 0.330 e. The van der Waals surface area contributed by atoms with Crippen molar-refractivity contribution in [3.8, 4) is 0 Å². The van der Waals surface area contributed by atoms with E-state index in [0.717, 1.165) is 7.05 Å². The molecule has 0 spiro atoms. The summed E-state index contributed by atoms with van der Waals surface area (Å²) in [7, 11) is -2.53. The standard InChI is InChI=1S/C4H10FNO2S/c1-3-4-9(7,8)6(2)5/h3-4H2,1-2H3/p+1. The van der Waals surface area contributed by atoms with Crippen molar-refractivity contribution in [2.24, 2.45) is 0 Å². The van der Waals surface area contributed by atoms with E-state index >= 15 is 0 Å². The maximum Gasteiger partial charge on any atom is 0.330 e. The molecule has 0 rings (SSSR count). The average Bonchev–Trinajstić information content (AvgIpc) is 1.65. The first-order valence-electron chi connectivity index (χ1n) is 2.72. The maximum atomic E-state index is 12.0. The molecular formula is C4H11FNO2S+. The Kier molecular flexibility index (Phi) is 3.07. The summed E-state index contributed by atoms with van der Waals surface area (Å²) in [6, 6.07) is 0. The molecule has 1 N–H and O–H groups in total. The molecule has 1 atom stereocenters. The van der Waals surface area contributed by atoms with Gasteiger partial charge in [-0.15, -0.1) is 0 Å². The van der Waals surface area contributed by atoms with Crippen LogP contribution in [-0.4, -0.2) is 21.2 Å². The Labute approximate surface area is 54.5 Å². The average molecular weight is 156 g/mol. The number of hydrogen-bond acceptors (Lipinski definition) is 2. The van der Waals surface area contributed by atoms with Crippen LogP contribution in [0, 0.1) is 0 Å². The fraction of sp³-hybridized carbons (Fsp3) is 1.00. The molecule has 5 heteroatoms. The molecule has 0 aromatic carbocycles. The van der Waals surface area contributed by atoms with Crippen molar-refractivity contribution in [1.29, 1.82) is 0 Å². The van der Waals surface area contributed by atoms with E-state index in [1.165, 1.54) is 0 Å². The topological polar surface area (TPSA) is 38.6 Å². The highest BCUT2D eigenvalue weighted by molar-refractivity contribution is 7.84. The summed E-state index contributed by atoms with van der Waals surface area (Å²) < 4.78 is 32.0. The second-order valence-electron chi connectivity index (χ2n) is 1.79. The molecule has 0 saturated carbocycles. The summed E-state index contributed by atoms with van der Waals surface area (Å²) in [4.78, 5) is 0. The van der Waals surface area contributed by atoms with Gasteiger partial charge >= 0.3 is 10.0 Å². The highest BCUT2D eigenvalue weighted by atomic mass is 32.2. The lowest BCUT2D eigenvalue weighted by Crippen LogP contribution is -3.03. The lowest BCUT2D eigenvalue weighted by atomic mass is 10.6. The summed E-state index contributed by atoms with van der Waals surface area (Å²) >= 11 is 0. The lowest BCUT2D eigenvalue weighted by molar-refractivity contribution is -0.905. The van der Waals surface area contributed by atoms with Gasteiger partial charge < -0.3 is 0 Å². The number of quaternary nitrogens is 1. The summed E-state index contributed by atoms with van der Waals surface area (Å²) in [5.74, 6) is -0.0880. The van der Waals surface area contributed by atoms with Crippen molar-refractivity contribution in [2.45, 2.75) is 13.3 Å². The Balaban J connectivity index is 4.05. The van der Waals surface area contributed by atoms with Crippen molar-refractivity contribution < 1.29 is 17.4 Å². The zero-order valence-corrected chi connectivity index (χ0v) is 6.33. The van der Waals surface area contributed by atoms with Crippen LogP contribution in [0.5, 0.6) is 0 Å². The lowest BCUT2D eigenvalue weighted by Gasteiger charge is -1.98. The molecule has 0 aromatic heterocycles. The molecule has 0 radical (unpaired) electrons. The Morgan fingerprint density at radius 2 is 2.00 bits per heavy atom. The van der Waals surface area contributed by atoms with Crippen LogP contribution in [0.1, 0.15) is 13.3 Å². The molecule has 0 heterocycles. The first kappa shape index (κ1) is 8.84. The smallest absolute Gasteiger partial charge is 0.170 e. The van der Waals surface area contributed by atoms with E-state index in [-0.39, 0.29) is 5.75 Å². The summed E-state index contributed by atoms with van der Waals surface area (Å²) in [6.07, 6.45) is 0.462. The number of hydrogen-bond donors (Lipinski definition) is 1. The highest BCUT2D eigenvalue weighted by Gasteiger charge is 2.19. The second kappa shape index (κ2) is 3.12. The van der Waals surface area contributed by atoms with Gasteiger partial charge in [-0.2, -0.15) is 8.42 Å². The molecule has 0 aromatic rings. The summed E-state index contributed by atoms with van der Waals surface area (Å²) in [5.41, 5.74) is 0. The third-order valence-corrected chi connectivity index (χ3v) is 2.70. The number of sulfonamides is 1. The van der Waals surface area contributed by atoms with E-state index in [4.69, 9.17) is 0 Å². The van der Waals surface area contributed by atoms with Crippen LogP contribution in [0.3, 0.4) is 0 Å². The van der Waals surface area contributed by atoms with Crippen LogP contribution >= 0.6 is 0 Å². The molecule has 0 aliphatic carbocycles. The molecule has 0 aliphatic rings. The molecule has 9 heavy (non-hydrogen) atoms. The van der Waals surface area contributed by atoms with Gasteiger partial charge in [0.05, 0.1) is 0 Å². The summed E-state index contributed by atoms with van der Waals surface area (Å²) in [5, 5.41) is 0. The predicted octanol–water partition coefficient (Wildman–Crippen LogP) is -0.875. The minimum atomic E-state index is -3.50. The van der Waals surface area contributed by atoms with Crippen molar-refractivity contribution in [3.05, 3.63) is 0 Å². The van der Waals surface area contributed by atoms with Crippen molar-refractivity contribution in [3.63, 3.8) is 0 Å². The van der Waals surface area contributed by atoms with Crippen LogP contribution < -0.4 is 4.53 Å². The van der Waals surface area contributed by atoms with E-state index in [1.807, 2.05) is 0 Å². The zero-order valence-electron chi connectivity index (χ0n) is 5.52. The van der Waals surface area contributed by atoms with Gasteiger partial charge in [-0.25, -0.2) is 0 Å². The molecule has 3 nitrogen and oxygen atoms in total. The Bertz CT molecular complexity index is 163. The second-order valence-corrected chi connectivity index (χ2v) is 3.99. The van der Waals surface area contributed by atoms with Gasteiger partial charge in [-0.3, -0.25) is 0 Å². The zero-order chi connectivity index (χ0) is 7.49. The Morgan fingerprint density at radius 3 is 2.11 bits per heavy atom. The molecular weight excluding hydrogens is 145 g/mol. The fourth-order valence-corrected chi connectivity index (χ4v) is 1.23. The van der Waals surface area contributed by atoms with Crippen molar-refractivity contribution in [1.82, 2.24) is 0 Å². The van der Waals surface area contributed by atoms with Crippen LogP contribution in [0.25, 0.3) is 0 Å². The van der Waals surface area contributed by atoms with Gasteiger partial charge in [0.25, 0.3) is 0 Å². The first-order chi connectivity index (χ1) is 4.00. The third kappa shape index (κ3) is 2.76. The quantitative estimate of drug-likeness (QED) is 0.539. The van der Waals surface area contributed by atoms with Crippen molar-refractivity contribution >= 4 is 10.0 Å². The Morgan fingerprint density at radius 1 is 1.56 bits per heavy atom. The van der Waals surface area contributed by atoms with Crippen molar-refractivity contribution in [2.75, 3.05) is 12.8 Å². The van der Waals surface area contributed by atoms with Gasteiger partial charge in [0.15, 0.2) is 0 Å². The normalized spacial score (nSPS) is 15.4. The molecule has 0 amide bonds. The molecule has 0 saturated heterocycles. The van der Waals surface area contributed by atoms with E-state index in [2.05, 4.69) is 0 Å². The molecule has 1 unspecified atom stereocenters. The monoisotopic (exact) mass is 156 g/mol. The SMILES string of the molecule is CCCS(=O)(=O)[NH+](C)F. The number of rotatable bonds is 3. The van der Waals surface area contributed by atoms with Gasteiger partial charge in [-0.05, 0) is 10.9 Å². The molecule has 0 bridgehead atoms. The van der Waals surface area contributed by atoms with Gasteiger partial charge in [0.2, 0.25) is 0 Å². The van der Waals surface area contributed by atoms with Crippen LogP contribution in [0.4, 0.5) is 4.48 Å². The minimum absolute atomic E-state index is 0.0880. The molecule has 56 valence electrons. The van der Waals surface area contributed by atoms with Crippen LogP contribution in [-0.2, 0) is 10.0 Å².